The second-order valence-electron chi connectivity index (χ2n) is 6.40. The van der Waals surface area contributed by atoms with Crippen LogP contribution in [0.2, 0.25) is 0 Å². The van der Waals surface area contributed by atoms with Crippen LogP contribution in [-0.2, 0) is 0 Å². The monoisotopic (exact) mass is 296 g/mol. The van der Waals surface area contributed by atoms with Gasteiger partial charge in [0.1, 0.15) is 0 Å². The number of halogens is 3. The van der Waals surface area contributed by atoms with Crippen LogP contribution in [0, 0.1) is 19.8 Å². The van der Waals surface area contributed by atoms with E-state index in [1.807, 2.05) is 13.8 Å². The summed E-state index contributed by atoms with van der Waals surface area (Å²) in [6.45, 7) is 6.09. The number of allylic oxidation sites excluding steroid dienone is 1. The molecule has 1 aromatic carbocycles. The zero-order valence-electron chi connectivity index (χ0n) is 12.9. The largest absolute Gasteiger partial charge is 0.409 e. The van der Waals surface area contributed by atoms with Crippen LogP contribution in [0.1, 0.15) is 60.8 Å². The molecule has 1 saturated carbocycles. The minimum atomic E-state index is -4.25. The van der Waals surface area contributed by atoms with E-state index in [0.29, 0.717) is 17.6 Å². The van der Waals surface area contributed by atoms with Gasteiger partial charge in [-0.25, -0.2) is 0 Å². The van der Waals surface area contributed by atoms with E-state index in [4.69, 9.17) is 0 Å². The predicted octanol–water partition coefficient (Wildman–Crippen LogP) is 6.17. The lowest BCUT2D eigenvalue weighted by Crippen LogP contribution is -2.11. The Labute approximate surface area is 125 Å². The highest BCUT2D eigenvalue weighted by Gasteiger charge is 2.23. The van der Waals surface area contributed by atoms with Crippen molar-refractivity contribution in [1.82, 2.24) is 0 Å². The van der Waals surface area contributed by atoms with Crippen molar-refractivity contribution in [3.8, 4) is 0 Å². The topological polar surface area (TPSA) is 0 Å². The Morgan fingerprint density at radius 2 is 1.52 bits per heavy atom. The number of hydrogen-bond acceptors (Lipinski definition) is 0. The summed E-state index contributed by atoms with van der Waals surface area (Å²) in [5.41, 5.74) is 3.86. The van der Waals surface area contributed by atoms with Gasteiger partial charge in [-0.05, 0) is 66.9 Å². The van der Waals surface area contributed by atoms with Gasteiger partial charge < -0.3 is 0 Å². The lowest BCUT2D eigenvalue weighted by atomic mass is 9.78. The Balaban J connectivity index is 2.23. The van der Waals surface area contributed by atoms with Crippen molar-refractivity contribution in [2.75, 3.05) is 0 Å². The van der Waals surface area contributed by atoms with Crippen LogP contribution in [0.4, 0.5) is 13.2 Å². The fourth-order valence-electron chi connectivity index (χ4n) is 3.28. The fourth-order valence-corrected chi connectivity index (χ4v) is 3.28. The average molecular weight is 296 g/mol. The Hall–Kier alpha value is -1.25. The molecule has 0 saturated heterocycles. The number of rotatable bonds is 2. The molecule has 1 aliphatic carbocycles. The predicted molar refractivity (Wildman–Crippen MR) is 81.4 cm³/mol. The number of benzene rings is 1. The normalized spacial score (nSPS) is 23.7. The first-order valence-corrected chi connectivity index (χ1v) is 7.63. The Morgan fingerprint density at radius 1 is 1.00 bits per heavy atom. The highest BCUT2D eigenvalue weighted by Crippen LogP contribution is 2.37. The molecule has 0 heterocycles. The summed E-state index contributed by atoms with van der Waals surface area (Å²) < 4.78 is 37.0. The molecule has 1 aromatic rings. The summed E-state index contributed by atoms with van der Waals surface area (Å²) in [6, 6.07) is 4.15. The first-order valence-electron chi connectivity index (χ1n) is 7.63. The third-order valence-corrected chi connectivity index (χ3v) is 4.54. The molecular formula is C18H23F3. The number of hydrogen-bond donors (Lipinski definition) is 0. The quantitative estimate of drug-likeness (QED) is 0.612. The third-order valence-electron chi connectivity index (χ3n) is 4.54. The molecule has 1 aliphatic rings. The second-order valence-corrected chi connectivity index (χ2v) is 6.40. The average Bonchev–Trinajstić information content (AvgIpc) is 2.37. The van der Waals surface area contributed by atoms with Crippen LogP contribution in [0.15, 0.2) is 18.2 Å². The van der Waals surface area contributed by atoms with Gasteiger partial charge in [-0.3, -0.25) is 0 Å². The highest BCUT2D eigenvalue weighted by atomic mass is 19.4. The van der Waals surface area contributed by atoms with Crippen LogP contribution in [-0.4, -0.2) is 6.18 Å². The van der Waals surface area contributed by atoms with Gasteiger partial charge in [0.15, 0.2) is 0 Å². The molecule has 0 aromatic heterocycles. The van der Waals surface area contributed by atoms with E-state index in [2.05, 4.69) is 19.1 Å². The molecule has 0 amide bonds. The van der Waals surface area contributed by atoms with Crippen molar-refractivity contribution in [1.29, 1.82) is 0 Å². The van der Waals surface area contributed by atoms with Crippen molar-refractivity contribution >= 4 is 6.08 Å². The first kappa shape index (κ1) is 16.1. The Bertz CT molecular complexity index is 495. The first-order chi connectivity index (χ1) is 9.76. The molecule has 116 valence electrons. The molecule has 0 atom stereocenters. The van der Waals surface area contributed by atoms with E-state index in [-0.39, 0.29) is 0 Å². The molecular weight excluding hydrogens is 273 g/mol. The van der Waals surface area contributed by atoms with Gasteiger partial charge in [-0.1, -0.05) is 31.9 Å². The van der Waals surface area contributed by atoms with E-state index in [0.717, 1.165) is 17.0 Å². The van der Waals surface area contributed by atoms with E-state index in [1.165, 1.54) is 37.3 Å². The molecule has 0 radical (unpaired) electrons. The van der Waals surface area contributed by atoms with Gasteiger partial charge in [0, 0.05) is 6.08 Å². The maximum Gasteiger partial charge on any atom is 0.409 e. The Morgan fingerprint density at radius 3 is 2.00 bits per heavy atom. The maximum absolute atomic E-state index is 12.3. The fraction of sp³-hybridized carbons (Fsp3) is 0.556. The van der Waals surface area contributed by atoms with Crippen LogP contribution in [0.3, 0.4) is 0 Å². The lowest BCUT2D eigenvalue weighted by Gasteiger charge is -2.27. The second kappa shape index (κ2) is 6.25. The minimum absolute atomic E-state index is 0.324. The standard InChI is InChI=1S/C18H23F3/c1-12-4-6-15(7-5-12)16-10-13(2)17(14(3)11-16)8-9-18(19,20)21/h8-12,15H,4-7H2,1-3H3/b9-8+. The van der Waals surface area contributed by atoms with Crippen LogP contribution in [0.5, 0.6) is 0 Å². The lowest BCUT2D eigenvalue weighted by molar-refractivity contribution is -0.0790. The zero-order chi connectivity index (χ0) is 15.6. The summed E-state index contributed by atoms with van der Waals surface area (Å²) in [5, 5.41) is 0. The van der Waals surface area contributed by atoms with Crippen molar-refractivity contribution in [3.05, 3.63) is 40.5 Å². The molecule has 0 N–H and O–H groups in total. The summed E-state index contributed by atoms with van der Waals surface area (Å²) in [4.78, 5) is 0. The minimum Gasteiger partial charge on any atom is -0.167 e. The van der Waals surface area contributed by atoms with Crippen molar-refractivity contribution in [3.63, 3.8) is 0 Å². The van der Waals surface area contributed by atoms with Gasteiger partial charge in [0.25, 0.3) is 0 Å². The molecule has 0 nitrogen and oxygen atoms in total. The molecule has 0 bridgehead atoms. The van der Waals surface area contributed by atoms with Crippen molar-refractivity contribution in [2.24, 2.45) is 5.92 Å². The van der Waals surface area contributed by atoms with E-state index in [1.54, 1.807) is 0 Å². The Kier molecular flexibility index (Phi) is 4.80. The van der Waals surface area contributed by atoms with Gasteiger partial charge in [-0.15, -0.1) is 0 Å². The van der Waals surface area contributed by atoms with E-state index >= 15 is 0 Å². The molecule has 0 aliphatic heterocycles. The summed E-state index contributed by atoms with van der Waals surface area (Å²) in [6.07, 6.45) is 2.14. The molecule has 3 heteroatoms. The summed E-state index contributed by atoms with van der Waals surface area (Å²) in [7, 11) is 0. The van der Waals surface area contributed by atoms with Crippen LogP contribution < -0.4 is 0 Å². The molecule has 2 rings (SSSR count). The van der Waals surface area contributed by atoms with Crippen LogP contribution in [0.25, 0.3) is 6.08 Å². The van der Waals surface area contributed by atoms with E-state index < -0.39 is 6.18 Å². The van der Waals surface area contributed by atoms with Gasteiger partial charge in [-0.2, -0.15) is 13.2 Å². The maximum atomic E-state index is 12.3. The van der Waals surface area contributed by atoms with Gasteiger partial charge >= 0.3 is 6.18 Å². The SMILES string of the molecule is Cc1cc(C2CCC(C)CC2)cc(C)c1/C=C/C(F)(F)F. The van der Waals surface area contributed by atoms with Crippen molar-refractivity contribution in [2.45, 2.75) is 58.5 Å². The van der Waals surface area contributed by atoms with E-state index in [9.17, 15) is 13.2 Å². The van der Waals surface area contributed by atoms with Gasteiger partial charge in [0.2, 0.25) is 0 Å². The van der Waals surface area contributed by atoms with Crippen LogP contribution >= 0.6 is 0 Å². The summed E-state index contributed by atoms with van der Waals surface area (Å²) >= 11 is 0. The number of aryl methyl sites for hydroxylation is 2. The summed E-state index contributed by atoms with van der Waals surface area (Å²) in [5.74, 6) is 1.37. The highest BCUT2D eigenvalue weighted by molar-refractivity contribution is 5.59. The molecule has 21 heavy (non-hydrogen) atoms. The van der Waals surface area contributed by atoms with Gasteiger partial charge in [0.05, 0.1) is 0 Å². The smallest absolute Gasteiger partial charge is 0.167 e. The number of alkyl halides is 3. The van der Waals surface area contributed by atoms with Crippen molar-refractivity contribution < 1.29 is 13.2 Å². The molecule has 0 spiro atoms. The molecule has 0 unspecified atom stereocenters. The third kappa shape index (κ3) is 4.36. The zero-order valence-corrected chi connectivity index (χ0v) is 12.9. The molecule has 1 fully saturated rings.